The number of aryl methyl sites for hydroxylation is 1. The molecule has 4 aromatic rings. The van der Waals surface area contributed by atoms with Crippen LogP contribution in [-0.2, 0) is 6.42 Å². The van der Waals surface area contributed by atoms with Crippen LogP contribution in [0.15, 0.2) is 72.6 Å². The second-order valence-electron chi connectivity index (χ2n) is 11.8. The summed E-state index contributed by atoms with van der Waals surface area (Å²) in [5.74, 6) is -0.232. The number of carbonyl (C=O) groups is 2. The summed E-state index contributed by atoms with van der Waals surface area (Å²) < 4.78 is 0. The van der Waals surface area contributed by atoms with Crippen molar-refractivity contribution >= 4 is 28.8 Å². The molecule has 1 aliphatic rings. The van der Waals surface area contributed by atoms with Crippen molar-refractivity contribution in [2.24, 2.45) is 0 Å². The minimum absolute atomic E-state index is 0.0718. The number of aliphatic hydroxyl groups is 1. The average Bonchev–Trinajstić information content (AvgIpc) is 3.70. The van der Waals surface area contributed by atoms with Gasteiger partial charge in [-0.1, -0.05) is 44.2 Å². The predicted octanol–water partition coefficient (Wildman–Crippen LogP) is 5.18. The van der Waals surface area contributed by atoms with Gasteiger partial charge in [-0.25, -0.2) is 4.98 Å². The van der Waals surface area contributed by atoms with Gasteiger partial charge in [0.15, 0.2) is 0 Å². The third kappa shape index (κ3) is 7.49. The molecule has 0 unspecified atom stereocenters. The lowest BCUT2D eigenvalue weighted by Gasteiger charge is -2.29. The molecule has 1 saturated heterocycles. The van der Waals surface area contributed by atoms with Crippen LogP contribution in [0.3, 0.4) is 0 Å². The fourth-order valence-electron chi connectivity index (χ4n) is 5.52. The first-order chi connectivity index (χ1) is 21.2. The molecule has 10 heteroatoms. The molecule has 4 heterocycles. The van der Waals surface area contributed by atoms with Gasteiger partial charge in [0, 0.05) is 49.8 Å². The lowest BCUT2D eigenvalue weighted by molar-refractivity contribution is 0.0735. The standard InChI is InChI=1S/C34H40N6O3S/c1-22(2)25-15-28(19-36-16-25)39(4)20-31(41)29(13-24-9-6-5-7-10-24)38-32(42)26-14-27(18-35-17-26)34(43)40-12-8-11-30(40)33-37-23(3)21-44-33/h5-7,9-10,14-19,21-22,29-31,41H,8,11-13,20H2,1-4H3,(H,38,42)/t29-,30+,31+/m0/s1. The van der Waals surface area contributed by atoms with E-state index in [4.69, 9.17) is 0 Å². The van der Waals surface area contributed by atoms with Gasteiger partial charge in [0.2, 0.25) is 0 Å². The number of amides is 2. The van der Waals surface area contributed by atoms with E-state index in [2.05, 4.69) is 40.2 Å². The van der Waals surface area contributed by atoms with E-state index in [0.717, 1.165) is 40.4 Å². The SMILES string of the molecule is Cc1csc([C@H]2CCCN2C(=O)c2cncc(C(=O)N[C@@H](Cc3ccccc3)[C@H](O)CN(C)c3cncc(C(C)C)c3)c2)n1. The van der Waals surface area contributed by atoms with Crippen molar-refractivity contribution in [2.75, 3.05) is 25.0 Å². The van der Waals surface area contributed by atoms with E-state index in [0.29, 0.717) is 24.4 Å². The first-order valence-electron chi connectivity index (χ1n) is 15.1. The summed E-state index contributed by atoms with van der Waals surface area (Å²) in [6.07, 6.45) is 7.89. The number of aliphatic hydroxyl groups excluding tert-OH is 1. The highest BCUT2D eigenvalue weighted by Gasteiger charge is 2.33. The van der Waals surface area contributed by atoms with Gasteiger partial charge >= 0.3 is 0 Å². The number of pyridine rings is 2. The van der Waals surface area contributed by atoms with E-state index in [1.165, 1.54) is 12.4 Å². The van der Waals surface area contributed by atoms with Crippen molar-refractivity contribution in [1.82, 2.24) is 25.2 Å². The van der Waals surface area contributed by atoms with Gasteiger partial charge in [0.25, 0.3) is 11.8 Å². The molecule has 3 atom stereocenters. The minimum Gasteiger partial charge on any atom is -0.389 e. The van der Waals surface area contributed by atoms with Gasteiger partial charge in [-0.2, -0.15) is 0 Å². The van der Waals surface area contributed by atoms with E-state index >= 15 is 0 Å². The lowest BCUT2D eigenvalue weighted by Crippen LogP contribution is -2.49. The highest BCUT2D eigenvalue weighted by atomic mass is 32.1. The van der Waals surface area contributed by atoms with Crippen molar-refractivity contribution in [3.8, 4) is 0 Å². The summed E-state index contributed by atoms with van der Waals surface area (Å²) >= 11 is 1.57. The number of benzene rings is 1. The first kappa shape index (κ1) is 31.3. The molecule has 2 amide bonds. The Bertz CT molecular complexity index is 1580. The first-order valence-corrected chi connectivity index (χ1v) is 15.9. The molecule has 1 fully saturated rings. The van der Waals surface area contributed by atoms with Gasteiger partial charge in [0.1, 0.15) is 5.01 Å². The number of hydrogen-bond donors (Lipinski definition) is 2. The smallest absolute Gasteiger partial charge is 0.256 e. The van der Waals surface area contributed by atoms with Gasteiger partial charge in [0.05, 0.1) is 41.2 Å². The van der Waals surface area contributed by atoms with E-state index in [1.54, 1.807) is 23.6 Å². The maximum absolute atomic E-state index is 13.6. The molecule has 5 rings (SSSR count). The van der Waals surface area contributed by atoms with Gasteiger partial charge in [-0.15, -0.1) is 11.3 Å². The van der Waals surface area contributed by atoms with Crippen molar-refractivity contribution < 1.29 is 14.7 Å². The molecular weight excluding hydrogens is 572 g/mol. The Kier molecular flexibility index (Phi) is 10.0. The van der Waals surface area contributed by atoms with Crippen LogP contribution in [0.1, 0.15) is 81.2 Å². The minimum atomic E-state index is -0.892. The van der Waals surface area contributed by atoms with Crippen LogP contribution in [-0.4, -0.2) is 69.1 Å². The van der Waals surface area contributed by atoms with E-state index in [-0.39, 0.29) is 24.1 Å². The van der Waals surface area contributed by atoms with E-state index in [1.807, 2.05) is 65.7 Å². The third-order valence-corrected chi connectivity index (χ3v) is 9.14. The summed E-state index contributed by atoms with van der Waals surface area (Å²) in [6, 6.07) is 12.8. The molecule has 0 spiro atoms. The summed E-state index contributed by atoms with van der Waals surface area (Å²) in [4.78, 5) is 44.2. The van der Waals surface area contributed by atoms with Crippen LogP contribution in [0, 0.1) is 6.92 Å². The molecule has 0 aliphatic carbocycles. The third-order valence-electron chi connectivity index (χ3n) is 8.08. The van der Waals surface area contributed by atoms with Crippen molar-refractivity contribution in [1.29, 1.82) is 0 Å². The number of likely N-dealkylation sites (tertiary alicyclic amines) is 1. The molecule has 0 saturated carbocycles. The lowest BCUT2D eigenvalue weighted by atomic mass is 10.00. The summed E-state index contributed by atoms with van der Waals surface area (Å²) in [7, 11) is 1.91. The fraction of sp³-hybridized carbons (Fsp3) is 0.382. The molecule has 1 aromatic carbocycles. The number of likely N-dealkylation sites (N-methyl/N-ethyl adjacent to an activating group) is 1. The Hall–Kier alpha value is -4.15. The largest absolute Gasteiger partial charge is 0.389 e. The Labute approximate surface area is 263 Å². The topological polar surface area (TPSA) is 112 Å². The molecule has 230 valence electrons. The monoisotopic (exact) mass is 612 g/mol. The summed E-state index contributed by atoms with van der Waals surface area (Å²) in [5.41, 5.74) is 4.57. The molecule has 3 aromatic heterocycles. The van der Waals surface area contributed by atoms with Crippen LogP contribution < -0.4 is 10.2 Å². The molecule has 0 bridgehead atoms. The van der Waals surface area contributed by atoms with Crippen LogP contribution in [0.25, 0.3) is 0 Å². The molecule has 44 heavy (non-hydrogen) atoms. The zero-order valence-corrected chi connectivity index (χ0v) is 26.5. The number of hydrogen-bond acceptors (Lipinski definition) is 8. The number of carbonyl (C=O) groups excluding carboxylic acids is 2. The zero-order valence-electron chi connectivity index (χ0n) is 25.7. The summed E-state index contributed by atoms with van der Waals surface area (Å²) in [6.45, 7) is 7.10. The molecule has 9 nitrogen and oxygen atoms in total. The molecule has 2 N–H and O–H groups in total. The number of rotatable bonds is 11. The quantitative estimate of drug-likeness (QED) is 0.240. The average molecular weight is 613 g/mol. The molecular formula is C34H40N6O3S. The van der Waals surface area contributed by atoms with Crippen LogP contribution >= 0.6 is 11.3 Å². The van der Waals surface area contributed by atoms with Gasteiger partial charge in [-0.05, 0) is 55.4 Å². The van der Waals surface area contributed by atoms with E-state index in [9.17, 15) is 14.7 Å². The highest BCUT2D eigenvalue weighted by molar-refractivity contribution is 7.09. The number of nitrogens with one attached hydrogen (secondary N) is 1. The van der Waals surface area contributed by atoms with Crippen molar-refractivity contribution in [3.63, 3.8) is 0 Å². The van der Waals surface area contributed by atoms with E-state index < -0.39 is 18.1 Å². The second kappa shape index (κ2) is 14.1. The molecule has 1 aliphatic heterocycles. The Balaban J connectivity index is 1.32. The number of aromatic nitrogens is 3. The van der Waals surface area contributed by atoms with Crippen LogP contribution in [0.2, 0.25) is 0 Å². The Morgan fingerprint density at radius 1 is 1.09 bits per heavy atom. The number of thiazole rings is 1. The highest BCUT2D eigenvalue weighted by Crippen LogP contribution is 2.34. The number of anilines is 1. The Morgan fingerprint density at radius 2 is 1.84 bits per heavy atom. The summed E-state index contributed by atoms with van der Waals surface area (Å²) in [5, 5.41) is 17.4. The molecule has 0 radical (unpaired) electrons. The maximum Gasteiger partial charge on any atom is 0.256 e. The van der Waals surface area contributed by atoms with Gasteiger partial charge < -0.3 is 20.2 Å². The van der Waals surface area contributed by atoms with Crippen molar-refractivity contribution in [3.05, 3.63) is 106 Å². The normalized spacial score (nSPS) is 16.1. The predicted molar refractivity (Wildman–Crippen MR) is 173 cm³/mol. The maximum atomic E-state index is 13.6. The second-order valence-corrected chi connectivity index (χ2v) is 12.7. The van der Waals surface area contributed by atoms with Crippen LogP contribution in [0.4, 0.5) is 5.69 Å². The van der Waals surface area contributed by atoms with Crippen LogP contribution in [0.5, 0.6) is 0 Å². The Morgan fingerprint density at radius 3 is 2.57 bits per heavy atom. The van der Waals surface area contributed by atoms with Gasteiger partial charge in [-0.3, -0.25) is 19.6 Å². The number of nitrogens with zero attached hydrogens (tertiary/aromatic N) is 5. The zero-order chi connectivity index (χ0) is 31.2. The fourth-order valence-corrected chi connectivity index (χ4v) is 6.47. The van der Waals surface area contributed by atoms with Crippen molar-refractivity contribution in [2.45, 2.75) is 64.1 Å².